The largest absolute Gasteiger partial charge is 0.356 e. The van der Waals surface area contributed by atoms with Gasteiger partial charge in [0.05, 0.1) is 22.1 Å². The number of rotatable bonds is 1. The highest BCUT2D eigenvalue weighted by Crippen LogP contribution is 2.26. The Hall–Kier alpha value is -3.08. The molecule has 196 valence electrons. The number of benzene rings is 4. The Balaban J connectivity index is 1.82. The van der Waals surface area contributed by atoms with Gasteiger partial charge in [-0.15, -0.1) is 5.46 Å². The van der Waals surface area contributed by atoms with Crippen molar-refractivity contribution in [2.45, 2.75) is 0 Å². The second-order valence-electron chi connectivity index (χ2n) is 13.8. The van der Waals surface area contributed by atoms with Gasteiger partial charge in [-0.05, 0) is 5.39 Å². The van der Waals surface area contributed by atoms with E-state index in [0.717, 1.165) is 11.3 Å². The summed E-state index contributed by atoms with van der Waals surface area (Å²) >= 11 is 0. The highest BCUT2D eigenvalue weighted by atomic mass is 15.2. The maximum absolute atomic E-state index is 5.55. The van der Waals surface area contributed by atoms with Crippen LogP contribution in [0, 0.1) is 0 Å². The predicted octanol–water partition coefficient (Wildman–Crippen LogP) is -20.1. The van der Waals surface area contributed by atoms with E-state index in [9.17, 15) is 0 Å². The van der Waals surface area contributed by atoms with Crippen molar-refractivity contribution in [1.82, 2.24) is 18.9 Å². The number of aromatic amines is 1. The molecule has 3 aromatic heterocycles. The monoisotopic (exact) mass is 552 g/mol. The van der Waals surface area contributed by atoms with Crippen molar-refractivity contribution in [2.24, 2.45) is 0 Å². The van der Waals surface area contributed by atoms with Crippen LogP contribution in [0.1, 0.15) is 0 Å². The fourth-order valence-corrected chi connectivity index (χ4v) is 8.28. The molecule has 0 aliphatic carbocycles. The zero-order valence-corrected chi connectivity index (χ0v) is 29.3. The molecule has 3 heterocycles. The van der Waals surface area contributed by atoms with Gasteiger partial charge >= 0.3 is 0 Å². The average molecular weight is 550 g/mol. The van der Waals surface area contributed by atoms with Gasteiger partial charge < -0.3 is 4.98 Å². The van der Waals surface area contributed by atoms with Gasteiger partial charge in [-0.25, -0.2) is 4.98 Å². The van der Waals surface area contributed by atoms with Crippen molar-refractivity contribution < 1.29 is 0 Å². The minimum absolute atomic E-state index is 1.01. The van der Waals surface area contributed by atoms with E-state index in [-0.39, 0.29) is 0 Å². The molecule has 19 heteroatoms. The van der Waals surface area contributed by atoms with Crippen molar-refractivity contribution in [3.05, 3.63) is 0 Å². The maximum atomic E-state index is 5.55. The zero-order valence-electron chi connectivity index (χ0n) is 29.3. The van der Waals surface area contributed by atoms with Crippen LogP contribution in [-0.4, -0.2) is 137 Å². The summed E-state index contributed by atoms with van der Waals surface area (Å²) in [5.41, 5.74) is 28.8. The molecule has 0 saturated heterocycles. The number of nitrogens with one attached hydrogen (secondary N) is 1. The van der Waals surface area contributed by atoms with E-state index < -0.39 is 0 Å². The minimum atomic E-state index is 1.01. The van der Waals surface area contributed by atoms with Crippen molar-refractivity contribution >= 4 is 249 Å². The summed E-state index contributed by atoms with van der Waals surface area (Å²) in [6, 6.07) is 0. The summed E-state index contributed by atoms with van der Waals surface area (Å²) in [5.74, 6) is 1.01. The van der Waals surface area contributed by atoms with Crippen LogP contribution in [0.2, 0.25) is 0 Å². The lowest BCUT2D eigenvalue weighted by Crippen LogP contribution is -2.49. The molecule has 7 aromatic rings. The third-order valence-electron chi connectivity index (χ3n) is 12.2. The molecule has 1 N–H and O–H groups in total. The third kappa shape index (κ3) is 3.37. The first-order valence-corrected chi connectivity index (χ1v) is 16.0. The molecular formula is C25H31B15N4. The van der Waals surface area contributed by atoms with E-state index in [0.29, 0.717) is 0 Å². The summed E-state index contributed by atoms with van der Waals surface area (Å²) in [6.07, 6.45) is 0. The Morgan fingerprint density at radius 1 is 0.386 bits per heavy atom. The van der Waals surface area contributed by atoms with E-state index in [4.69, 9.17) is 4.98 Å². The quantitative estimate of drug-likeness (QED) is 0.203. The molecule has 0 aliphatic heterocycles. The molecule has 0 radical (unpaired) electrons. The van der Waals surface area contributed by atoms with Crippen LogP contribution in [0.5, 0.6) is 0 Å². The number of aromatic nitrogens is 4. The summed E-state index contributed by atoms with van der Waals surface area (Å²) < 4.78 is 5.01. The summed E-state index contributed by atoms with van der Waals surface area (Å²) in [7, 11) is 34.2. The van der Waals surface area contributed by atoms with Gasteiger partial charge in [0, 0.05) is 22.1 Å². The highest BCUT2D eigenvalue weighted by Gasteiger charge is 2.28. The Labute approximate surface area is 272 Å². The molecule has 7 rings (SSSR count). The molecule has 0 saturated carbocycles. The SMILES string of the molecule is Bc1c(B)c(B)c2c(nc3n(-c4c(B)c(B)c5[nH]c6c(B)c(B)c(B)c(B)c6c5c4B)c4c(B)c(B)c(B)c(B)c4n23)c1B. The standard InChI is InChI=1S/C25H31B15N4/c26-3-1-2-4(27)21(17(40)13(36)19(2)41-18(1)11(34)6(29)5(3)28)43-23-15(38)9(32)10(33)16(39)24(23)44-22-14(37)8(31)7(30)12(35)20(22)42-25(43)44/h41H,26-40H2. The molecule has 0 amide bonds. The van der Waals surface area contributed by atoms with Gasteiger partial charge in [0.25, 0.3) is 0 Å². The van der Waals surface area contributed by atoms with Crippen molar-refractivity contribution in [2.75, 3.05) is 0 Å². The van der Waals surface area contributed by atoms with Gasteiger partial charge in [0.2, 0.25) is 5.78 Å². The summed E-state index contributed by atoms with van der Waals surface area (Å²) in [5, 5.41) is 2.71. The van der Waals surface area contributed by atoms with Crippen LogP contribution in [-0.2, 0) is 0 Å². The maximum Gasteiger partial charge on any atom is 0.220 e. The van der Waals surface area contributed by atoms with E-state index in [1.807, 2.05) is 0 Å². The number of fused-ring (bicyclic) bond motifs is 8. The van der Waals surface area contributed by atoms with Gasteiger partial charge in [-0.1, -0.05) is 76.5 Å². The molecule has 0 aliphatic rings. The van der Waals surface area contributed by atoms with Gasteiger partial charge in [0.1, 0.15) is 118 Å². The molecule has 4 aromatic carbocycles. The van der Waals surface area contributed by atoms with Crippen molar-refractivity contribution in [3.63, 3.8) is 0 Å². The second-order valence-corrected chi connectivity index (χ2v) is 13.8. The molecule has 0 fully saturated rings. The van der Waals surface area contributed by atoms with Crippen LogP contribution >= 0.6 is 0 Å². The Bertz CT molecular complexity index is 2510. The number of hydrogen-bond acceptors (Lipinski definition) is 1. The lowest BCUT2D eigenvalue weighted by atomic mass is 9.64. The predicted molar refractivity (Wildman–Crippen MR) is 242 cm³/mol. The van der Waals surface area contributed by atoms with E-state index >= 15 is 0 Å². The second kappa shape index (κ2) is 9.47. The molecular weight excluding hydrogens is 518 g/mol. The molecule has 0 unspecified atom stereocenters. The Morgan fingerprint density at radius 3 is 1.41 bits per heavy atom. The van der Waals surface area contributed by atoms with Gasteiger partial charge in [-0.2, -0.15) is 0 Å². The van der Waals surface area contributed by atoms with Crippen LogP contribution in [0.15, 0.2) is 0 Å². The van der Waals surface area contributed by atoms with Crippen molar-refractivity contribution in [3.8, 4) is 5.69 Å². The lowest BCUT2D eigenvalue weighted by Gasteiger charge is -2.20. The molecule has 44 heavy (non-hydrogen) atoms. The van der Waals surface area contributed by atoms with Crippen LogP contribution in [0.4, 0.5) is 0 Å². The van der Waals surface area contributed by atoms with E-state index in [1.54, 1.807) is 0 Å². The third-order valence-corrected chi connectivity index (χ3v) is 12.2. The fourth-order valence-electron chi connectivity index (χ4n) is 8.28. The molecule has 0 spiro atoms. The van der Waals surface area contributed by atoms with E-state index in [1.165, 1.54) is 126 Å². The first kappa shape index (κ1) is 29.6. The number of hydrogen-bond donors (Lipinski definition) is 1. The first-order chi connectivity index (χ1) is 20.6. The lowest BCUT2D eigenvalue weighted by molar-refractivity contribution is 1.13. The van der Waals surface area contributed by atoms with Gasteiger partial charge in [-0.3, -0.25) is 8.97 Å². The number of nitrogens with zero attached hydrogens (tertiary/aromatic N) is 3. The van der Waals surface area contributed by atoms with Crippen LogP contribution in [0.3, 0.4) is 0 Å². The number of imidazole rings is 2. The fraction of sp³-hybridized carbons (Fsp3) is 0. The smallest absolute Gasteiger partial charge is 0.220 e. The van der Waals surface area contributed by atoms with Crippen LogP contribution < -0.4 is 81.9 Å². The zero-order chi connectivity index (χ0) is 32.0. The van der Waals surface area contributed by atoms with Gasteiger partial charge in [0.15, 0.2) is 0 Å². The molecule has 0 bridgehead atoms. The Kier molecular flexibility index (Phi) is 6.38. The van der Waals surface area contributed by atoms with E-state index in [2.05, 4.69) is 132 Å². The van der Waals surface area contributed by atoms with Crippen molar-refractivity contribution in [1.29, 1.82) is 0 Å². The minimum Gasteiger partial charge on any atom is -0.356 e. The summed E-state index contributed by atoms with van der Waals surface area (Å²) in [6.45, 7) is 0. The summed E-state index contributed by atoms with van der Waals surface area (Å²) in [4.78, 5) is 9.46. The molecule has 0 atom stereocenters. The van der Waals surface area contributed by atoms with Crippen LogP contribution in [0.25, 0.3) is 55.3 Å². The first-order valence-electron chi connectivity index (χ1n) is 16.0. The topological polar surface area (TPSA) is 38.0 Å². The average Bonchev–Trinajstić information content (AvgIpc) is 3.68. The normalized spacial score (nSPS) is 12.1. The number of H-pyrrole nitrogens is 1. The molecule has 4 nitrogen and oxygen atoms in total. The Morgan fingerprint density at radius 2 is 0.818 bits per heavy atom. The highest BCUT2D eigenvalue weighted by molar-refractivity contribution is 6.70.